The van der Waals surface area contributed by atoms with E-state index in [4.69, 9.17) is 4.74 Å². The van der Waals surface area contributed by atoms with Gasteiger partial charge in [-0.15, -0.1) is 0 Å². The molecule has 0 spiro atoms. The highest BCUT2D eigenvalue weighted by molar-refractivity contribution is 6.11. The second kappa shape index (κ2) is 7.36. The molecule has 0 radical (unpaired) electrons. The van der Waals surface area contributed by atoms with Crippen LogP contribution in [0.15, 0.2) is 79.3 Å². The van der Waals surface area contributed by atoms with Crippen LogP contribution in [0.1, 0.15) is 22.1 Å². The Balaban J connectivity index is 1.60. The summed E-state index contributed by atoms with van der Waals surface area (Å²) in [6.45, 7) is 0. The summed E-state index contributed by atoms with van der Waals surface area (Å²) in [6.07, 6.45) is 5.21. The molecule has 0 saturated heterocycles. The summed E-state index contributed by atoms with van der Waals surface area (Å²) in [7, 11) is 1.61. The number of nitrogens with one attached hydrogen (secondary N) is 2. The highest BCUT2D eigenvalue weighted by atomic mass is 16.5. The number of nitrogens with zero attached hydrogens (tertiary/aromatic N) is 3. The van der Waals surface area contributed by atoms with Gasteiger partial charge in [0.05, 0.1) is 19.0 Å². The van der Waals surface area contributed by atoms with E-state index >= 15 is 0 Å². The van der Waals surface area contributed by atoms with Gasteiger partial charge in [-0.2, -0.15) is 5.10 Å². The number of imidazole rings is 1. The van der Waals surface area contributed by atoms with E-state index in [0.29, 0.717) is 22.7 Å². The predicted molar refractivity (Wildman–Crippen MR) is 115 cm³/mol. The van der Waals surface area contributed by atoms with Gasteiger partial charge < -0.3 is 15.0 Å². The standard InChI is InChI=1S/C23H19N5O2/c1-30-16-7-4-6-15(12-16)26-22(20-14-28-21(27-20)10-5-11-25-28)23(29)18-13-24-19-9-3-2-8-17(18)19/h2-14,22,24,26H,1H3. The number of para-hydroxylation sites is 1. The molecule has 0 fully saturated rings. The lowest BCUT2D eigenvalue weighted by molar-refractivity contribution is 0.0970. The molecule has 3 aromatic heterocycles. The van der Waals surface area contributed by atoms with E-state index in [2.05, 4.69) is 20.4 Å². The maximum absolute atomic E-state index is 13.7. The lowest BCUT2D eigenvalue weighted by Crippen LogP contribution is -2.21. The third-order valence-electron chi connectivity index (χ3n) is 5.05. The van der Waals surface area contributed by atoms with E-state index in [1.807, 2.05) is 60.7 Å². The molecule has 0 amide bonds. The fourth-order valence-electron chi connectivity index (χ4n) is 3.57. The Morgan fingerprint density at radius 2 is 2.03 bits per heavy atom. The van der Waals surface area contributed by atoms with Crippen molar-refractivity contribution >= 4 is 28.0 Å². The minimum atomic E-state index is -0.696. The molecule has 2 N–H and O–H groups in total. The maximum atomic E-state index is 13.7. The van der Waals surface area contributed by atoms with Gasteiger partial charge in [0.1, 0.15) is 11.8 Å². The molecule has 0 aliphatic heterocycles. The third-order valence-corrected chi connectivity index (χ3v) is 5.05. The van der Waals surface area contributed by atoms with Gasteiger partial charge in [-0.3, -0.25) is 4.79 Å². The van der Waals surface area contributed by atoms with Crippen LogP contribution in [0.2, 0.25) is 0 Å². The summed E-state index contributed by atoms with van der Waals surface area (Å²) in [4.78, 5) is 21.5. The Labute approximate surface area is 172 Å². The zero-order chi connectivity index (χ0) is 20.5. The Morgan fingerprint density at radius 1 is 1.13 bits per heavy atom. The molecule has 2 aromatic carbocycles. The first-order chi connectivity index (χ1) is 14.7. The Kier molecular flexibility index (Phi) is 4.40. The Morgan fingerprint density at radius 3 is 2.90 bits per heavy atom. The molecule has 1 atom stereocenters. The molecule has 7 heteroatoms. The van der Waals surface area contributed by atoms with Crippen molar-refractivity contribution in [1.29, 1.82) is 0 Å². The van der Waals surface area contributed by atoms with Crippen LogP contribution in [-0.4, -0.2) is 32.5 Å². The van der Waals surface area contributed by atoms with Crippen LogP contribution in [-0.2, 0) is 0 Å². The number of H-pyrrole nitrogens is 1. The van der Waals surface area contributed by atoms with Gasteiger partial charge >= 0.3 is 0 Å². The molecule has 3 heterocycles. The van der Waals surface area contributed by atoms with Crippen LogP contribution in [0.4, 0.5) is 5.69 Å². The van der Waals surface area contributed by atoms with Gasteiger partial charge in [0, 0.05) is 40.6 Å². The Hall–Kier alpha value is -4.13. The van der Waals surface area contributed by atoms with Gasteiger partial charge in [0.2, 0.25) is 0 Å². The van der Waals surface area contributed by atoms with E-state index in [1.165, 1.54) is 0 Å². The monoisotopic (exact) mass is 397 g/mol. The number of Topliss-reactive ketones (excluding diaryl/α,β-unsaturated/α-hetero) is 1. The average Bonchev–Trinajstić information content (AvgIpc) is 3.41. The number of rotatable bonds is 6. The fraction of sp³-hybridized carbons (Fsp3) is 0.0870. The first kappa shape index (κ1) is 17.9. The summed E-state index contributed by atoms with van der Waals surface area (Å²) in [5.74, 6) is 0.619. The number of aromatic nitrogens is 4. The van der Waals surface area contributed by atoms with Crippen LogP contribution >= 0.6 is 0 Å². The van der Waals surface area contributed by atoms with Crippen LogP contribution in [0.5, 0.6) is 5.75 Å². The van der Waals surface area contributed by atoms with Gasteiger partial charge in [-0.25, -0.2) is 9.50 Å². The fourth-order valence-corrected chi connectivity index (χ4v) is 3.57. The van der Waals surface area contributed by atoms with Crippen LogP contribution in [0, 0.1) is 0 Å². The van der Waals surface area contributed by atoms with Crippen molar-refractivity contribution in [3.63, 3.8) is 0 Å². The van der Waals surface area contributed by atoms with Crippen LogP contribution in [0.25, 0.3) is 16.6 Å². The zero-order valence-corrected chi connectivity index (χ0v) is 16.2. The second-order valence-corrected chi connectivity index (χ2v) is 6.91. The highest BCUT2D eigenvalue weighted by Gasteiger charge is 2.27. The lowest BCUT2D eigenvalue weighted by atomic mass is 10.0. The number of aromatic amines is 1. The topological polar surface area (TPSA) is 84.3 Å². The number of carbonyl (C=O) groups is 1. The minimum Gasteiger partial charge on any atom is -0.497 e. The normalized spacial score (nSPS) is 12.2. The average molecular weight is 397 g/mol. The molecule has 1 unspecified atom stereocenters. The molecular weight excluding hydrogens is 378 g/mol. The number of anilines is 1. The molecule has 0 bridgehead atoms. The number of ether oxygens (including phenoxy) is 1. The second-order valence-electron chi connectivity index (χ2n) is 6.91. The zero-order valence-electron chi connectivity index (χ0n) is 16.2. The number of hydrogen-bond acceptors (Lipinski definition) is 5. The van der Waals surface area contributed by atoms with Gasteiger partial charge in [-0.05, 0) is 30.3 Å². The lowest BCUT2D eigenvalue weighted by Gasteiger charge is -2.17. The molecular formula is C23H19N5O2. The van der Waals surface area contributed by atoms with Crippen molar-refractivity contribution in [1.82, 2.24) is 19.6 Å². The highest BCUT2D eigenvalue weighted by Crippen LogP contribution is 2.28. The molecule has 5 aromatic rings. The van der Waals surface area contributed by atoms with Crippen molar-refractivity contribution in [2.75, 3.05) is 12.4 Å². The molecule has 0 aliphatic carbocycles. The summed E-state index contributed by atoms with van der Waals surface area (Å²) in [6, 6.07) is 18.2. The summed E-state index contributed by atoms with van der Waals surface area (Å²) in [5, 5.41) is 8.49. The van der Waals surface area contributed by atoms with E-state index < -0.39 is 6.04 Å². The van der Waals surface area contributed by atoms with Crippen molar-refractivity contribution in [3.05, 3.63) is 90.5 Å². The van der Waals surface area contributed by atoms with Gasteiger partial charge in [0.25, 0.3) is 0 Å². The van der Waals surface area contributed by atoms with Crippen LogP contribution in [0.3, 0.4) is 0 Å². The van der Waals surface area contributed by atoms with Crippen molar-refractivity contribution < 1.29 is 9.53 Å². The van der Waals surface area contributed by atoms with Gasteiger partial charge in [-0.1, -0.05) is 24.3 Å². The summed E-state index contributed by atoms with van der Waals surface area (Å²) in [5.41, 5.74) is 3.55. The van der Waals surface area contributed by atoms with Crippen molar-refractivity contribution in [2.24, 2.45) is 0 Å². The summed E-state index contributed by atoms with van der Waals surface area (Å²) < 4.78 is 6.99. The number of fused-ring (bicyclic) bond motifs is 2. The summed E-state index contributed by atoms with van der Waals surface area (Å²) >= 11 is 0. The number of benzene rings is 2. The number of methoxy groups -OCH3 is 1. The number of carbonyl (C=O) groups excluding carboxylic acids is 1. The Bertz CT molecular complexity index is 1320. The number of hydrogen-bond donors (Lipinski definition) is 2. The van der Waals surface area contributed by atoms with Crippen molar-refractivity contribution in [3.8, 4) is 5.75 Å². The first-order valence-corrected chi connectivity index (χ1v) is 9.54. The largest absolute Gasteiger partial charge is 0.497 e. The maximum Gasteiger partial charge on any atom is 0.193 e. The minimum absolute atomic E-state index is 0.0846. The molecule has 30 heavy (non-hydrogen) atoms. The predicted octanol–water partition coefficient (Wildman–Crippen LogP) is 4.26. The van der Waals surface area contributed by atoms with E-state index in [-0.39, 0.29) is 5.78 Å². The van der Waals surface area contributed by atoms with Crippen molar-refractivity contribution in [2.45, 2.75) is 6.04 Å². The number of ketones is 1. The molecule has 5 rings (SSSR count). The molecule has 148 valence electrons. The third kappa shape index (κ3) is 3.16. The molecule has 0 aliphatic rings. The van der Waals surface area contributed by atoms with E-state index in [0.717, 1.165) is 16.6 Å². The van der Waals surface area contributed by atoms with E-state index in [1.54, 1.807) is 30.2 Å². The van der Waals surface area contributed by atoms with Crippen LogP contribution < -0.4 is 10.1 Å². The first-order valence-electron chi connectivity index (χ1n) is 9.54. The van der Waals surface area contributed by atoms with E-state index in [9.17, 15) is 4.79 Å². The smallest absolute Gasteiger partial charge is 0.193 e. The van der Waals surface area contributed by atoms with Gasteiger partial charge in [0.15, 0.2) is 11.4 Å². The quantitative estimate of drug-likeness (QED) is 0.418. The SMILES string of the molecule is COc1cccc(NC(C(=O)c2c[nH]c3ccccc23)c2cn3ncccc3n2)c1. The molecule has 0 saturated carbocycles. The molecule has 7 nitrogen and oxygen atoms in total.